The average Bonchev–Trinajstić information content (AvgIpc) is 2.12. The minimum atomic E-state index is -0.0568. The van der Waals surface area contributed by atoms with Gasteiger partial charge >= 0.3 is 0 Å². The van der Waals surface area contributed by atoms with Gasteiger partial charge in [-0.2, -0.15) is 0 Å². The standard InChI is InChI=1S/C10H17NO2/c1-4-7-10(12)11(8-5-2)13-9-6-3/h4,6H,1,3,5,7-9H2,2H3. The van der Waals surface area contributed by atoms with Crippen molar-refractivity contribution in [1.29, 1.82) is 0 Å². The second-order valence-electron chi connectivity index (χ2n) is 2.57. The molecule has 0 aliphatic heterocycles. The number of carbonyl (C=O) groups excluding carboxylic acids is 1. The molecule has 0 atom stereocenters. The first-order valence-corrected chi connectivity index (χ1v) is 4.41. The van der Waals surface area contributed by atoms with Crippen molar-refractivity contribution in [2.75, 3.05) is 13.2 Å². The van der Waals surface area contributed by atoms with Crippen LogP contribution in [0.4, 0.5) is 0 Å². The van der Waals surface area contributed by atoms with Crippen molar-refractivity contribution in [3.8, 4) is 0 Å². The van der Waals surface area contributed by atoms with E-state index in [2.05, 4.69) is 13.2 Å². The topological polar surface area (TPSA) is 29.5 Å². The van der Waals surface area contributed by atoms with E-state index in [0.29, 0.717) is 19.6 Å². The van der Waals surface area contributed by atoms with E-state index in [-0.39, 0.29) is 5.91 Å². The fourth-order valence-electron chi connectivity index (χ4n) is 0.832. The highest BCUT2D eigenvalue weighted by Crippen LogP contribution is 1.98. The quantitative estimate of drug-likeness (QED) is 0.446. The third kappa shape index (κ3) is 5.20. The van der Waals surface area contributed by atoms with E-state index < -0.39 is 0 Å². The molecule has 0 fully saturated rings. The minimum absolute atomic E-state index is 0.0568. The lowest BCUT2D eigenvalue weighted by molar-refractivity contribution is -0.181. The molecule has 0 aliphatic rings. The van der Waals surface area contributed by atoms with Gasteiger partial charge in [-0.05, 0) is 6.42 Å². The van der Waals surface area contributed by atoms with Gasteiger partial charge < -0.3 is 0 Å². The predicted octanol–water partition coefficient (Wildman–Crippen LogP) is 1.92. The molecule has 0 rings (SSSR count). The number of hydrogen-bond acceptors (Lipinski definition) is 2. The van der Waals surface area contributed by atoms with Gasteiger partial charge in [-0.25, -0.2) is 5.06 Å². The Bertz CT molecular complexity index is 178. The SMILES string of the molecule is C=CCON(CCC)C(=O)CC=C. The van der Waals surface area contributed by atoms with Crippen LogP contribution in [0, 0.1) is 0 Å². The van der Waals surface area contributed by atoms with Crippen LogP contribution in [-0.2, 0) is 9.63 Å². The van der Waals surface area contributed by atoms with Gasteiger partial charge in [0.1, 0.15) is 0 Å². The van der Waals surface area contributed by atoms with Crippen molar-refractivity contribution >= 4 is 5.91 Å². The van der Waals surface area contributed by atoms with E-state index in [9.17, 15) is 4.79 Å². The molecule has 0 aromatic rings. The molecule has 0 aromatic carbocycles. The minimum Gasteiger partial charge on any atom is -0.272 e. The van der Waals surface area contributed by atoms with Crippen molar-refractivity contribution in [1.82, 2.24) is 5.06 Å². The van der Waals surface area contributed by atoms with Gasteiger partial charge in [0.25, 0.3) is 0 Å². The molecule has 0 saturated carbocycles. The summed E-state index contributed by atoms with van der Waals surface area (Å²) in [6, 6.07) is 0. The summed E-state index contributed by atoms with van der Waals surface area (Å²) in [5.41, 5.74) is 0. The first-order valence-electron chi connectivity index (χ1n) is 4.41. The van der Waals surface area contributed by atoms with Gasteiger partial charge in [0, 0.05) is 13.0 Å². The van der Waals surface area contributed by atoms with Crippen molar-refractivity contribution < 1.29 is 9.63 Å². The van der Waals surface area contributed by atoms with E-state index in [1.54, 1.807) is 12.2 Å². The number of hydrogen-bond donors (Lipinski definition) is 0. The number of carbonyl (C=O) groups is 1. The molecular weight excluding hydrogens is 166 g/mol. The second-order valence-corrected chi connectivity index (χ2v) is 2.57. The van der Waals surface area contributed by atoms with Gasteiger partial charge in [-0.1, -0.05) is 19.1 Å². The number of amides is 1. The Morgan fingerprint density at radius 1 is 1.46 bits per heavy atom. The summed E-state index contributed by atoms with van der Waals surface area (Å²) in [5.74, 6) is -0.0568. The summed E-state index contributed by atoms with van der Waals surface area (Å²) in [7, 11) is 0. The summed E-state index contributed by atoms with van der Waals surface area (Å²) in [5, 5.41) is 1.36. The van der Waals surface area contributed by atoms with Crippen LogP contribution in [0.3, 0.4) is 0 Å². The molecule has 0 aromatic heterocycles. The van der Waals surface area contributed by atoms with Crippen molar-refractivity contribution in [2.24, 2.45) is 0 Å². The molecule has 0 aliphatic carbocycles. The third-order valence-electron chi connectivity index (χ3n) is 1.37. The van der Waals surface area contributed by atoms with Crippen LogP contribution in [0.2, 0.25) is 0 Å². The highest BCUT2D eigenvalue weighted by Gasteiger charge is 2.10. The first-order chi connectivity index (χ1) is 6.26. The first kappa shape index (κ1) is 11.9. The summed E-state index contributed by atoms with van der Waals surface area (Å²) in [6.07, 6.45) is 4.38. The lowest BCUT2D eigenvalue weighted by Crippen LogP contribution is -2.31. The van der Waals surface area contributed by atoms with E-state index >= 15 is 0 Å². The van der Waals surface area contributed by atoms with Gasteiger partial charge in [0.05, 0.1) is 6.61 Å². The Balaban J connectivity index is 3.96. The van der Waals surface area contributed by atoms with Crippen LogP contribution >= 0.6 is 0 Å². The van der Waals surface area contributed by atoms with E-state index in [1.807, 2.05) is 6.92 Å². The van der Waals surface area contributed by atoms with Crippen molar-refractivity contribution in [3.05, 3.63) is 25.3 Å². The fourth-order valence-corrected chi connectivity index (χ4v) is 0.832. The Hall–Kier alpha value is -1.09. The maximum Gasteiger partial charge on any atom is 0.249 e. The molecule has 3 heteroatoms. The van der Waals surface area contributed by atoms with E-state index in [1.165, 1.54) is 5.06 Å². The molecule has 0 heterocycles. The Morgan fingerprint density at radius 3 is 2.62 bits per heavy atom. The normalized spacial score (nSPS) is 9.31. The molecule has 13 heavy (non-hydrogen) atoms. The largest absolute Gasteiger partial charge is 0.272 e. The molecule has 0 N–H and O–H groups in total. The Kier molecular flexibility index (Phi) is 6.92. The number of hydroxylamine groups is 2. The van der Waals surface area contributed by atoms with Gasteiger partial charge in [-0.15, -0.1) is 13.2 Å². The van der Waals surface area contributed by atoms with Crippen LogP contribution in [-0.4, -0.2) is 24.1 Å². The molecule has 3 nitrogen and oxygen atoms in total. The molecule has 74 valence electrons. The van der Waals surface area contributed by atoms with Crippen LogP contribution in [0.15, 0.2) is 25.3 Å². The highest BCUT2D eigenvalue weighted by molar-refractivity contribution is 5.76. The van der Waals surface area contributed by atoms with Crippen LogP contribution in [0.1, 0.15) is 19.8 Å². The molecule has 0 radical (unpaired) electrons. The summed E-state index contributed by atoms with van der Waals surface area (Å²) >= 11 is 0. The molecule has 1 amide bonds. The molecule has 0 unspecified atom stereocenters. The molecule has 0 bridgehead atoms. The van der Waals surface area contributed by atoms with Crippen LogP contribution < -0.4 is 0 Å². The summed E-state index contributed by atoms with van der Waals surface area (Å²) < 4.78 is 0. The predicted molar refractivity (Wildman–Crippen MR) is 53.0 cm³/mol. The maximum atomic E-state index is 11.3. The highest BCUT2D eigenvalue weighted by atomic mass is 16.7. The zero-order valence-electron chi connectivity index (χ0n) is 8.16. The monoisotopic (exact) mass is 183 g/mol. The van der Waals surface area contributed by atoms with Crippen molar-refractivity contribution in [3.63, 3.8) is 0 Å². The lowest BCUT2D eigenvalue weighted by atomic mass is 10.4. The third-order valence-corrected chi connectivity index (χ3v) is 1.37. The molecule has 0 spiro atoms. The van der Waals surface area contributed by atoms with Gasteiger partial charge in [0.2, 0.25) is 5.91 Å². The maximum absolute atomic E-state index is 11.3. The number of nitrogens with zero attached hydrogens (tertiary/aromatic N) is 1. The summed E-state index contributed by atoms with van der Waals surface area (Å²) in [6.45, 7) is 9.98. The zero-order valence-corrected chi connectivity index (χ0v) is 8.16. The number of rotatable bonds is 7. The average molecular weight is 183 g/mol. The zero-order chi connectivity index (χ0) is 10.1. The van der Waals surface area contributed by atoms with Gasteiger partial charge in [0.15, 0.2) is 0 Å². The molecule has 0 saturated heterocycles. The lowest BCUT2D eigenvalue weighted by Gasteiger charge is -2.19. The van der Waals surface area contributed by atoms with E-state index in [0.717, 1.165) is 6.42 Å². The fraction of sp³-hybridized carbons (Fsp3) is 0.500. The van der Waals surface area contributed by atoms with Gasteiger partial charge in [-0.3, -0.25) is 9.63 Å². The van der Waals surface area contributed by atoms with Crippen LogP contribution in [0.5, 0.6) is 0 Å². The Morgan fingerprint density at radius 2 is 2.15 bits per heavy atom. The molecular formula is C10H17NO2. The Labute approximate surface area is 79.6 Å². The van der Waals surface area contributed by atoms with Crippen LogP contribution in [0.25, 0.3) is 0 Å². The van der Waals surface area contributed by atoms with Crippen molar-refractivity contribution in [2.45, 2.75) is 19.8 Å². The van der Waals surface area contributed by atoms with E-state index in [4.69, 9.17) is 4.84 Å². The summed E-state index contributed by atoms with van der Waals surface area (Å²) in [4.78, 5) is 16.5. The second kappa shape index (κ2) is 7.55. The smallest absolute Gasteiger partial charge is 0.249 e.